The molecule has 0 bridgehead atoms. The Balaban J connectivity index is 1.81. The third kappa shape index (κ3) is 5.64. The highest BCUT2D eigenvalue weighted by Gasteiger charge is 2.15. The molecule has 4 aromatic rings. The standard InChI is InChI=1S/C22H17N3O2S5/c1-32(31-30-29-28)27-17-12-13-18(19(26)14-17)22-24-20(15-8-4-2-5-9-15)23-21(25-22)16-10-6-3-7-11-16/h2-14,26H,1H3. The van der Waals surface area contributed by atoms with Crippen molar-refractivity contribution in [1.82, 2.24) is 15.0 Å². The lowest BCUT2D eigenvalue weighted by Gasteiger charge is -2.10. The van der Waals surface area contributed by atoms with Crippen LogP contribution in [0.25, 0.3) is 34.2 Å². The third-order valence-corrected chi connectivity index (χ3v) is 11.8. The summed E-state index contributed by atoms with van der Waals surface area (Å²) in [7, 11) is 3.89. The molecule has 0 aliphatic rings. The van der Waals surface area contributed by atoms with Gasteiger partial charge in [0, 0.05) is 23.4 Å². The first-order chi connectivity index (χ1) is 15.6. The fourth-order valence-electron chi connectivity index (χ4n) is 2.88. The summed E-state index contributed by atoms with van der Waals surface area (Å²) in [6.07, 6.45) is 1.96. The molecule has 32 heavy (non-hydrogen) atoms. The topological polar surface area (TPSA) is 68.1 Å². The van der Waals surface area contributed by atoms with Crippen LogP contribution in [0.1, 0.15) is 0 Å². The molecule has 162 valence electrons. The van der Waals surface area contributed by atoms with Gasteiger partial charge >= 0.3 is 0 Å². The Morgan fingerprint density at radius 2 is 1.38 bits per heavy atom. The van der Waals surface area contributed by atoms with E-state index in [0.717, 1.165) is 11.1 Å². The molecule has 0 amide bonds. The maximum Gasteiger partial charge on any atom is 0.167 e. The van der Waals surface area contributed by atoms with Gasteiger partial charge in [-0.25, -0.2) is 15.0 Å². The molecule has 0 aliphatic heterocycles. The van der Waals surface area contributed by atoms with Crippen molar-refractivity contribution >= 4 is 47.6 Å². The van der Waals surface area contributed by atoms with Gasteiger partial charge in [0.2, 0.25) is 0 Å². The Labute approximate surface area is 201 Å². The number of aromatic nitrogens is 3. The number of phenols is 1. The zero-order valence-electron chi connectivity index (χ0n) is 16.7. The summed E-state index contributed by atoms with van der Waals surface area (Å²) >= 11 is 4.87. The van der Waals surface area contributed by atoms with Gasteiger partial charge < -0.3 is 9.29 Å². The van der Waals surface area contributed by atoms with E-state index in [1.807, 2.05) is 66.9 Å². The van der Waals surface area contributed by atoms with Crippen LogP contribution >= 0.6 is 0 Å². The lowest BCUT2D eigenvalue weighted by Crippen LogP contribution is -2.01. The summed E-state index contributed by atoms with van der Waals surface area (Å²) in [5.74, 6) is 2.09. The van der Waals surface area contributed by atoms with Gasteiger partial charge in [-0.1, -0.05) is 60.7 Å². The Kier molecular flexibility index (Phi) is 7.72. The van der Waals surface area contributed by atoms with E-state index < -0.39 is 9.74 Å². The van der Waals surface area contributed by atoms with Gasteiger partial charge in [0.05, 0.1) is 15.3 Å². The predicted octanol–water partition coefficient (Wildman–Crippen LogP) is 4.57. The van der Waals surface area contributed by atoms with Crippen molar-refractivity contribution in [2.75, 3.05) is 6.26 Å². The van der Waals surface area contributed by atoms with E-state index in [1.54, 1.807) is 27.1 Å². The van der Waals surface area contributed by atoms with Crippen molar-refractivity contribution in [3.8, 4) is 45.7 Å². The molecule has 0 saturated carbocycles. The molecule has 5 nitrogen and oxygen atoms in total. The minimum atomic E-state index is -0.398. The molecular formula is C22H17N3O2S5. The SMILES string of the molecule is CS(Oc1ccc(-c2nc(-c3ccccc3)nc(-c3ccccc3)n2)c(O)c1)=S=S=S=S. The number of hydrogen-bond acceptors (Lipinski definition) is 6. The number of phenolic OH excluding ortho intramolecular Hbond substituents is 1. The first kappa shape index (κ1) is 22.7. The fraction of sp³-hybridized carbons (Fsp3) is 0.0455. The van der Waals surface area contributed by atoms with E-state index >= 15 is 0 Å². The summed E-state index contributed by atoms with van der Waals surface area (Å²) in [6, 6.07) is 24.6. The number of rotatable bonds is 5. The number of benzene rings is 3. The first-order valence-electron chi connectivity index (χ1n) is 9.32. The Morgan fingerprint density at radius 1 is 0.812 bits per heavy atom. The van der Waals surface area contributed by atoms with E-state index in [9.17, 15) is 5.11 Å². The molecular weight excluding hydrogens is 499 g/mol. The van der Waals surface area contributed by atoms with Crippen LogP contribution < -0.4 is 4.18 Å². The van der Waals surface area contributed by atoms with E-state index in [4.69, 9.17) is 15.4 Å². The summed E-state index contributed by atoms with van der Waals surface area (Å²) in [6.45, 7) is 0. The maximum absolute atomic E-state index is 10.7. The molecule has 1 unspecified atom stereocenters. The van der Waals surface area contributed by atoms with Gasteiger partial charge in [-0.2, -0.15) is 0 Å². The molecule has 1 aromatic heterocycles. The van der Waals surface area contributed by atoms with Gasteiger partial charge in [-0.3, -0.25) is 0 Å². The smallest absolute Gasteiger partial charge is 0.167 e. The zero-order chi connectivity index (χ0) is 22.3. The van der Waals surface area contributed by atoms with Gasteiger partial charge in [0.25, 0.3) is 0 Å². The second-order valence-electron chi connectivity index (χ2n) is 6.41. The largest absolute Gasteiger partial charge is 0.507 e. The highest BCUT2D eigenvalue weighted by molar-refractivity contribution is 8.63. The summed E-state index contributed by atoms with van der Waals surface area (Å²) in [4.78, 5) is 14.0. The molecule has 0 saturated heterocycles. The highest BCUT2D eigenvalue weighted by atomic mass is 33.3. The van der Waals surface area contributed by atoms with Crippen LogP contribution in [0.3, 0.4) is 0 Å². The van der Waals surface area contributed by atoms with E-state index in [-0.39, 0.29) is 5.75 Å². The molecule has 3 aromatic carbocycles. The van der Waals surface area contributed by atoms with Crippen LogP contribution in [-0.2, 0) is 47.6 Å². The second-order valence-corrected chi connectivity index (χ2v) is 14.1. The minimum absolute atomic E-state index is 0.0408. The van der Waals surface area contributed by atoms with Crippen LogP contribution in [0.2, 0.25) is 0 Å². The summed E-state index contributed by atoms with van der Waals surface area (Å²) in [5, 5.41) is 10.7. The molecule has 0 spiro atoms. The predicted molar refractivity (Wildman–Crippen MR) is 141 cm³/mol. The maximum atomic E-state index is 10.7. The van der Waals surface area contributed by atoms with Crippen LogP contribution in [-0.4, -0.2) is 26.3 Å². The minimum Gasteiger partial charge on any atom is -0.507 e. The average molecular weight is 516 g/mol. The number of nitrogens with zero attached hydrogens (tertiary/aromatic N) is 3. The second kappa shape index (κ2) is 10.9. The normalized spacial score (nSPS) is 11.4. The Bertz CT molecular complexity index is 1340. The molecule has 10 heteroatoms. The zero-order valence-corrected chi connectivity index (χ0v) is 20.8. The lowest BCUT2D eigenvalue weighted by molar-refractivity contribution is 0.473. The average Bonchev–Trinajstić information content (AvgIpc) is 2.83. The quantitative estimate of drug-likeness (QED) is 0.420. The van der Waals surface area contributed by atoms with Crippen molar-refractivity contribution in [3.05, 3.63) is 78.9 Å². The molecule has 0 radical (unpaired) electrons. The fourth-order valence-corrected chi connectivity index (χ4v) is 9.73. The van der Waals surface area contributed by atoms with Crippen molar-refractivity contribution in [2.24, 2.45) is 0 Å². The molecule has 0 fully saturated rings. The van der Waals surface area contributed by atoms with Gasteiger partial charge in [0.15, 0.2) is 17.5 Å². The monoisotopic (exact) mass is 515 g/mol. The molecule has 4 rings (SSSR count). The Morgan fingerprint density at radius 3 is 1.91 bits per heavy atom. The van der Waals surface area contributed by atoms with Crippen molar-refractivity contribution < 1.29 is 9.29 Å². The molecule has 1 N–H and O–H groups in total. The van der Waals surface area contributed by atoms with Crippen molar-refractivity contribution in [1.29, 1.82) is 0 Å². The van der Waals surface area contributed by atoms with Gasteiger partial charge in [0.1, 0.15) is 11.5 Å². The van der Waals surface area contributed by atoms with E-state index in [2.05, 4.69) is 15.0 Å². The molecule has 1 heterocycles. The Hall–Kier alpha value is -2.50. The lowest BCUT2D eigenvalue weighted by atomic mass is 10.1. The van der Waals surface area contributed by atoms with E-state index in [0.29, 0.717) is 28.8 Å². The first-order valence-corrected chi connectivity index (χ1v) is 15.8. The molecule has 0 aliphatic carbocycles. The summed E-state index contributed by atoms with van der Waals surface area (Å²) in [5.41, 5.74) is 2.25. The third-order valence-electron chi connectivity index (χ3n) is 4.27. The molecule has 1 atom stereocenters. The van der Waals surface area contributed by atoms with Crippen LogP contribution in [0.4, 0.5) is 0 Å². The number of hydrogen-bond donors (Lipinski definition) is 1. The van der Waals surface area contributed by atoms with E-state index in [1.165, 1.54) is 17.8 Å². The van der Waals surface area contributed by atoms with Gasteiger partial charge in [-0.15, -0.1) is 0 Å². The van der Waals surface area contributed by atoms with Crippen LogP contribution in [0, 0.1) is 0 Å². The highest BCUT2D eigenvalue weighted by Crippen LogP contribution is 2.32. The van der Waals surface area contributed by atoms with Crippen LogP contribution in [0.5, 0.6) is 11.5 Å². The van der Waals surface area contributed by atoms with Crippen molar-refractivity contribution in [3.63, 3.8) is 0 Å². The van der Waals surface area contributed by atoms with Gasteiger partial charge in [-0.05, 0) is 50.0 Å². The van der Waals surface area contributed by atoms with Crippen LogP contribution in [0.15, 0.2) is 78.9 Å². The number of aromatic hydroxyl groups is 1. The summed E-state index contributed by atoms with van der Waals surface area (Å²) < 4.78 is 5.87. The van der Waals surface area contributed by atoms with Crippen molar-refractivity contribution in [2.45, 2.75) is 0 Å².